The fourth-order valence-corrected chi connectivity index (χ4v) is 3.69. The van der Waals surface area contributed by atoms with Gasteiger partial charge in [0.05, 0.1) is 23.3 Å². The molecule has 112 valence electrons. The molecule has 1 N–H and O–H groups in total. The number of fused-ring (bicyclic) bond motifs is 1. The van der Waals surface area contributed by atoms with Crippen LogP contribution in [0.4, 0.5) is 5.69 Å². The van der Waals surface area contributed by atoms with Gasteiger partial charge in [-0.2, -0.15) is 0 Å². The van der Waals surface area contributed by atoms with Gasteiger partial charge in [0.2, 0.25) is 9.84 Å². The van der Waals surface area contributed by atoms with Gasteiger partial charge in [0, 0.05) is 11.4 Å². The Bertz CT molecular complexity index is 684. The molecule has 1 heterocycles. The number of carbonyl (C=O) groups excluding carboxylic acids is 1. The number of para-hydroxylation sites is 1. The third-order valence-electron chi connectivity index (χ3n) is 3.04. The first-order chi connectivity index (χ1) is 9.86. The van der Waals surface area contributed by atoms with E-state index in [1.807, 2.05) is 0 Å². The number of esters is 1. The molecule has 21 heavy (non-hydrogen) atoms. The molecule has 1 aromatic carbocycles. The largest absolute Gasteiger partial charge is 0.466 e. The van der Waals surface area contributed by atoms with Gasteiger partial charge in [-0.3, -0.25) is 4.79 Å². The maximum absolute atomic E-state index is 12.3. The highest BCUT2D eigenvalue weighted by Crippen LogP contribution is 2.36. The van der Waals surface area contributed by atoms with E-state index in [0.29, 0.717) is 5.69 Å². The summed E-state index contributed by atoms with van der Waals surface area (Å²) in [6.45, 7) is 3.39. The van der Waals surface area contributed by atoms with Crippen LogP contribution >= 0.6 is 0 Å². The molecule has 0 aromatic heterocycles. The summed E-state index contributed by atoms with van der Waals surface area (Å²) in [5, 5.41) is 11.0. The first kappa shape index (κ1) is 15.6. The summed E-state index contributed by atoms with van der Waals surface area (Å²) in [7, 11) is -4.61. The minimum Gasteiger partial charge on any atom is -0.466 e. The first-order valence-electron chi connectivity index (χ1n) is 6.54. The number of hydrogen-bond donors (Lipinski definition) is 1. The third-order valence-corrected chi connectivity index (χ3v) is 4.58. The van der Waals surface area contributed by atoms with Gasteiger partial charge < -0.3 is 14.6 Å². The molecule has 0 fully saturated rings. The Balaban J connectivity index is 2.50. The van der Waals surface area contributed by atoms with Crippen molar-refractivity contribution in [3.8, 4) is 0 Å². The third kappa shape index (κ3) is 3.11. The van der Waals surface area contributed by atoms with Gasteiger partial charge in [0.1, 0.15) is 0 Å². The van der Waals surface area contributed by atoms with E-state index in [0.717, 1.165) is 5.41 Å². The van der Waals surface area contributed by atoms with E-state index in [1.165, 1.54) is 17.7 Å². The summed E-state index contributed by atoms with van der Waals surface area (Å²) in [4.78, 5) is 13.2. The van der Waals surface area contributed by atoms with Crippen LogP contribution in [0.1, 0.15) is 13.3 Å². The zero-order chi connectivity index (χ0) is 15.6. The average molecular weight is 309 g/mol. The quantitative estimate of drug-likeness (QED) is 0.664. The maximum Gasteiger partial charge on any atom is 0.414 e. The van der Waals surface area contributed by atoms with Crippen molar-refractivity contribution in [2.24, 2.45) is 0 Å². The summed E-state index contributed by atoms with van der Waals surface area (Å²) in [5.74, 6) is -0.538. The number of carbonyl (C=O) groups is 1. The van der Waals surface area contributed by atoms with Crippen LogP contribution < -0.4 is 4.81 Å². The standard InChI is InChI=1S/C13H16BNO5S/c1-3-20-13(16)8-10-9-21(18,19)12-7-5-4-6-11(12)15(10)14(2)17/h4-7,9,17H,3,8H2,1-2H3. The number of hydrogen-bond acceptors (Lipinski definition) is 6. The zero-order valence-corrected chi connectivity index (χ0v) is 12.6. The summed E-state index contributed by atoms with van der Waals surface area (Å²) < 4.78 is 29.4. The molecule has 8 heteroatoms. The summed E-state index contributed by atoms with van der Waals surface area (Å²) in [6, 6.07) is 6.35. The molecule has 0 spiro atoms. The maximum atomic E-state index is 12.3. The molecule has 1 aromatic rings. The molecule has 0 aliphatic carbocycles. The van der Waals surface area contributed by atoms with Gasteiger partial charge in [-0.25, -0.2) is 8.42 Å². The summed E-state index contributed by atoms with van der Waals surface area (Å²) >= 11 is 0. The second kappa shape index (κ2) is 5.91. The van der Waals surface area contributed by atoms with Gasteiger partial charge in [-0.1, -0.05) is 12.1 Å². The minimum atomic E-state index is -3.64. The lowest BCUT2D eigenvalue weighted by atomic mass is 9.83. The van der Waals surface area contributed by atoms with Crippen molar-refractivity contribution in [3.63, 3.8) is 0 Å². The molecule has 0 saturated carbocycles. The Labute approximate surface area is 124 Å². The van der Waals surface area contributed by atoms with Gasteiger partial charge >= 0.3 is 13.0 Å². The van der Waals surface area contributed by atoms with E-state index in [9.17, 15) is 18.2 Å². The number of anilines is 1. The molecule has 6 nitrogen and oxygen atoms in total. The number of nitrogens with zero attached hydrogens (tertiary/aromatic N) is 1. The Kier molecular flexibility index (Phi) is 4.39. The molecule has 1 aliphatic heterocycles. The van der Waals surface area contributed by atoms with Crippen molar-refractivity contribution in [1.82, 2.24) is 0 Å². The second-order valence-corrected chi connectivity index (χ2v) is 6.37. The molecule has 0 saturated heterocycles. The van der Waals surface area contributed by atoms with Crippen LogP contribution in [0.15, 0.2) is 40.3 Å². The lowest BCUT2D eigenvalue weighted by Crippen LogP contribution is -2.40. The second-order valence-electron chi connectivity index (χ2n) is 4.61. The Morgan fingerprint density at radius 2 is 2.05 bits per heavy atom. The van der Waals surface area contributed by atoms with Crippen molar-refractivity contribution < 1.29 is 23.0 Å². The van der Waals surface area contributed by atoms with Gasteiger partial charge in [-0.05, 0) is 25.9 Å². The molecule has 2 rings (SSSR count). The predicted molar refractivity (Wildman–Crippen MR) is 79.3 cm³/mol. The molecule has 1 aliphatic rings. The highest BCUT2D eigenvalue weighted by Gasteiger charge is 2.33. The number of sulfone groups is 1. The highest BCUT2D eigenvalue weighted by molar-refractivity contribution is 7.94. The zero-order valence-electron chi connectivity index (χ0n) is 11.8. The number of benzene rings is 1. The number of rotatable bonds is 4. The van der Waals surface area contributed by atoms with E-state index >= 15 is 0 Å². The van der Waals surface area contributed by atoms with Crippen molar-refractivity contribution in [3.05, 3.63) is 35.4 Å². The summed E-state index contributed by atoms with van der Waals surface area (Å²) in [6.07, 6.45) is -0.216. The van der Waals surface area contributed by atoms with Crippen molar-refractivity contribution in [1.29, 1.82) is 0 Å². The van der Waals surface area contributed by atoms with Crippen molar-refractivity contribution in [2.75, 3.05) is 11.4 Å². The molecular weight excluding hydrogens is 293 g/mol. The molecule has 0 radical (unpaired) electrons. The van der Waals surface area contributed by atoms with E-state index in [-0.39, 0.29) is 23.6 Å². The smallest absolute Gasteiger partial charge is 0.414 e. The fraction of sp³-hybridized carbons (Fsp3) is 0.308. The number of ether oxygens (including phenoxy) is 1. The summed E-state index contributed by atoms with van der Waals surface area (Å²) in [5.41, 5.74) is 0.552. The van der Waals surface area contributed by atoms with Crippen LogP contribution in [0.2, 0.25) is 6.82 Å². The Hall–Kier alpha value is -1.80. The monoisotopic (exact) mass is 309 g/mol. The lowest BCUT2D eigenvalue weighted by molar-refractivity contribution is -0.142. The van der Waals surface area contributed by atoms with E-state index in [1.54, 1.807) is 25.1 Å². The van der Waals surface area contributed by atoms with Crippen LogP contribution in [0.5, 0.6) is 0 Å². The molecule has 0 atom stereocenters. The van der Waals surface area contributed by atoms with Crippen LogP contribution in [-0.4, -0.2) is 33.1 Å². The Morgan fingerprint density at radius 3 is 2.67 bits per heavy atom. The van der Waals surface area contributed by atoms with Gasteiger partial charge in [0.25, 0.3) is 0 Å². The predicted octanol–water partition coefficient (Wildman–Crippen LogP) is 1.19. The van der Waals surface area contributed by atoms with E-state index < -0.39 is 22.9 Å². The fourth-order valence-electron chi connectivity index (χ4n) is 2.28. The highest BCUT2D eigenvalue weighted by atomic mass is 32.2. The van der Waals surface area contributed by atoms with Gasteiger partial charge in [0.15, 0.2) is 0 Å². The van der Waals surface area contributed by atoms with Gasteiger partial charge in [-0.15, -0.1) is 0 Å². The molecule has 0 bridgehead atoms. The van der Waals surface area contributed by atoms with E-state index in [4.69, 9.17) is 4.74 Å². The lowest BCUT2D eigenvalue weighted by Gasteiger charge is -2.32. The van der Waals surface area contributed by atoms with Crippen LogP contribution in [-0.2, 0) is 19.4 Å². The Morgan fingerprint density at radius 1 is 1.38 bits per heavy atom. The minimum absolute atomic E-state index is 0.110. The molecule has 0 unspecified atom stereocenters. The van der Waals surface area contributed by atoms with E-state index in [2.05, 4.69) is 0 Å². The molecule has 0 amide bonds. The molecular formula is C13H16BNO5S. The topological polar surface area (TPSA) is 83.9 Å². The van der Waals surface area contributed by atoms with Crippen LogP contribution in [0.25, 0.3) is 0 Å². The first-order valence-corrected chi connectivity index (χ1v) is 8.09. The van der Waals surface area contributed by atoms with Crippen molar-refractivity contribution in [2.45, 2.75) is 25.1 Å². The average Bonchev–Trinajstić information content (AvgIpc) is 2.38. The SMILES string of the molecule is CCOC(=O)CC1=CS(=O)(=O)c2ccccc2N1B(C)O. The van der Waals surface area contributed by atoms with Crippen LogP contribution in [0.3, 0.4) is 0 Å². The van der Waals surface area contributed by atoms with Crippen molar-refractivity contribution >= 4 is 28.5 Å². The van der Waals surface area contributed by atoms with Crippen LogP contribution in [0, 0.1) is 0 Å². The normalized spacial score (nSPS) is 16.0.